The monoisotopic (exact) mass is 380 g/mol. The van der Waals surface area contributed by atoms with Crippen molar-refractivity contribution >= 4 is 26.1 Å². The van der Waals surface area contributed by atoms with Gasteiger partial charge in [0.15, 0.2) is 27.2 Å². The topological polar surface area (TPSA) is 95.7 Å². The van der Waals surface area contributed by atoms with Crippen LogP contribution in [0.15, 0.2) is 18.2 Å². The lowest BCUT2D eigenvalue weighted by Gasteiger charge is -2.08. The van der Waals surface area contributed by atoms with Crippen LogP contribution in [0.2, 0.25) is 0 Å². The molecule has 132 valence electrons. The molecule has 1 atom stereocenters. The molecular weight excluding hydrogens is 364 g/mol. The highest BCUT2D eigenvalue weighted by atomic mass is 32.2. The number of fused-ring (bicyclic) bond motifs is 1. The number of benzene rings is 1. The molecule has 1 aromatic carbocycles. The summed E-state index contributed by atoms with van der Waals surface area (Å²) in [4.78, 5) is 0.643. The Labute approximate surface area is 148 Å². The molecule has 3 heterocycles. The molecule has 0 aliphatic carbocycles. The van der Waals surface area contributed by atoms with E-state index in [9.17, 15) is 8.42 Å². The molecule has 25 heavy (non-hydrogen) atoms. The number of nitrogens with zero attached hydrogens (tertiary/aromatic N) is 4. The SMILES string of the molecule is COc1ccc(-c2nnc3sc(C4CCS(=O)(=O)C4)nn23)cc1OC. The number of hydrogen-bond acceptors (Lipinski definition) is 8. The molecule has 1 aliphatic heterocycles. The van der Waals surface area contributed by atoms with Crippen molar-refractivity contribution < 1.29 is 17.9 Å². The van der Waals surface area contributed by atoms with Crippen LogP contribution in [-0.4, -0.2) is 54.0 Å². The van der Waals surface area contributed by atoms with Gasteiger partial charge in [0.25, 0.3) is 0 Å². The van der Waals surface area contributed by atoms with Crippen LogP contribution in [0.1, 0.15) is 17.3 Å². The Balaban J connectivity index is 1.74. The predicted molar refractivity (Wildman–Crippen MR) is 93.2 cm³/mol. The first kappa shape index (κ1) is 16.3. The van der Waals surface area contributed by atoms with Gasteiger partial charge in [-0.05, 0) is 24.6 Å². The van der Waals surface area contributed by atoms with Crippen LogP contribution >= 0.6 is 11.3 Å². The molecule has 1 fully saturated rings. The maximum atomic E-state index is 11.7. The maximum Gasteiger partial charge on any atom is 0.234 e. The molecule has 1 aliphatic rings. The zero-order valence-corrected chi connectivity index (χ0v) is 15.3. The van der Waals surface area contributed by atoms with Gasteiger partial charge in [0.1, 0.15) is 5.01 Å². The summed E-state index contributed by atoms with van der Waals surface area (Å²) in [6.45, 7) is 0. The molecule has 4 rings (SSSR count). The van der Waals surface area contributed by atoms with E-state index in [4.69, 9.17) is 9.47 Å². The summed E-state index contributed by atoms with van der Waals surface area (Å²) in [6.07, 6.45) is 0.609. The molecule has 3 aromatic rings. The fourth-order valence-corrected chi connectivity index (χ4v) is 5.77. The normalized spacial score (nSPS) is 19.4. The number of sulfone groups is 1. The van der Waals surface area contributed by atoms with Crippen LogP contribution in [0.4, 0.5) is 0 Å². The lowest BCUT2D eigenvalue weighted by molar-refractivity contribution is 0.355. The van der Waals surface area contributed by atoms with E-state index in [1.807, 2.05) is 12.1 Å². The van der Waals surface area contributed by atoms with E-state index >= 15 is 0 Å². The number of ether oxygens (including phenoxy) is 2. The van der Waals surface area contributed by atoms with Gasteiger partial charge in [-0.2, -0.15) is 9.61 Å². The second kappa shape index (κ2) is 5.95. The first-order valence-electron chi connectivity index (χ1n) is 7.65. The average molecular weight is 380 g/mol. The molecule has 2 aromatic heterocycles. The minimum Gasteiger partial charge on any atom is -0.493 e. The predicted octanol–water partition coefficient (Wildman–Crippen LogP) is 1.77. The van der Waals surface area contributed by atoms with Crippen molar-refractivity contribution in [3.05, 3.63) is 23.2 Å². The van der Waals surface area contributed by atoms with Crippen LogP contribution < -0.4 is 9.47 Å². The van der Waals surface area contributed by atoms with E-state index in [0.29, 0.717) is 28.7 Å². The second-order valence-corrected chi connectivity index (χ2v) is 9.04. The average Bonchev–Trinajstić information content (AvgIpc) is 3.27. The lowest BCUT2D eigenvalue weighted by atomic mass is 10.1. The fourth-order valence-electron chi connectivity index (χ4n) is 2.94. The third kappa shape index (κ3) is 2.85. The summed E-state index contributed by atoms with van der Waals surface area (Å²) in [5, 5.41) is 13.7. The highest BCUT2D eigenvalue weighted by Gasteiger charge is 2.32. The third-order valence-electron chi connectivity index (χ3n) is 4.23. The molecule has 0 saturated carbocycles. The van der Waals surface area contributed by atoms with Crippen LogP contribution in [0, 0.1) is 0 Å². The van der Waals surface area contributed by atoms with E-state index in [2.05, 4.69) is 15.3 Å². The Morgan fingerprint density at radius 2 is 2.00 bits per heavy atom. The van der Waals surface area contributed by atoms with Gasteiger partial charge in [0.2, 0.25) is 4.96 Å². The molecule has 0 amide bonds. The Morgan fingerprint density at radius 3 is 2.68 bits per heavy atom. The van der Waals surface area contributed by atoms with Gasteiger partial charge in [-0.1, -0.05) is 11.3 Å². The summed E-state index contributed by atoms with van der Waals surface area (Å²) in [5.74, 6) is 2.12. The quantitative estimate of drug-likeness (QED) is 0.680. The van der Waals surface area contributed by atoms with Crippen LogP contribution in [0.5, 0.6) is 11.5 Å². The van der Waals surface area contributed by atoms with E-state index in [0.717, 1.165) is 10.6 Å². The highest BCUT2D eigenvalue weighted by molar-refractivity contribution is 7.91. The van der Waals surface area contributed by atoms with Gasteiger partial charge in [-0.3, -0.25) is 0 Å². The van der Waals surface area contributed by atoms with Crippen molar-refractivity contribution in [3.8, 4) is 22.9 Å². The zero-order chi connectivity index (χ0) is 17.6. The van der Waals surface area contributed by atoms with Gasteiger partial charge >= 0.3 is 0 Å². The van der Waals surface area contributed by atoms with Gasteiger partial charge in [-0.25, -0.2) is 8.42 Å². The molecule has 0 N–H and O–H groups in total. The number of hydrogen-bond donors (Lipinski definition) is 0. The molecule has 1 unspecified atom stereocenters. The van der Waals surface area contributed by atoms with Gasteiger partial charge in [0.05, 0.1) is 25.7 Å². The minimum absolute atomic E-state index is 0.0602. The van der Waals surface area contributed by atoms with Crippen LogP contribution in [0.25, 0.3) is 16.3 Å². The molecule has 1 saturated heterocycles. The smallest absolute Gasteiger partial charge is 0.234 e. The number of methoxy groups -OCH3 is 2. The molecule has 0 bridgehead atoms. The van der Waals surface area contributed by atoms with Crippen molar-refractivity contribution in [1.29, 1.82) is 0 Å². The van der Waals surface area contributed by atoms with Gasteiger partial charge in [-0.15, -0.1) is 10.2 Å². The third-order valence-corrected chi connectivity index (χ3v) is 7.06. The van der Waals surface area contributed by atoms with Crippen molar-refractivity contribution in [1.82, 2.24) is 19.8 Å². The molecule has 10 heteroatoms. The first-order valence-corrected chi connectivity index (χ1v) is 10.3. The molecule has 0 spiro atoms. The lowest BCUT2D eigenvalue weighted by Crippen LogP contribution is -2.04. The molecule has 0 radical (unpaired) electrons. The van der Waals surface area contributed by atoms with E-state index < -0.39 is 9.84 Å². The van der Waals surface area contributed by atoms with Crippen molar-refractivity contribution in [3.63, 3.8) is 0 Å². The fraction of sp³-hybridized carbons (Fsp3) is 0.400. The number of rotatable bonds is 4. The largest absolute Gasteiger partial charge is 0.493 e. The summed E-state index contributed by atoms with van der Waals surface area (Å²) in [7, 11) is 0.198. The highest BCUT2D eigenvalue weighted by Crippen LogP contribution is 2.34. The zero-order valence-electron chi connectivity index (χ0n) is 13.7. The van der Waals surface area contributed by atoms with Crippen LogP contribution in [-0.2, 0) is 9.84 Å². The first-order chi connectivity index (χ1) is 12.0. The number of aromatic nitrogens is 4. The van der Waals surface area contributed by atoms with E-state index in [1.165, 1.54) is 11.3 Å². The van der Waals surface area contributed by atoms with Gasteiger partial charge in [0, 0.05) is 11.5 Å². The molecule has 8 nitrogen and oxygen atoms in total. The van der Waals surface area contributed by atoms with E-state index in [1.54, 1.807) is 24.8 Å². The molecular formula is C15H16N4O4S2. The summed E-state index contributed by atoms with van der Waals surface area (Å²) < 4.78 is 35.6. The van der Waals surface area contributed by atoms with Crippen molar-refractivity contribution in [2.24, 2.45) is 0 Å². The maximum absolute atomic E-state index is 11.7. The van der Waals surface area contributed by atoms with Crippen molar-refractivity contribution in [2.75, 3.05) is 25.7 Å². The van der Waals surface area contributed by atoms with Gasteiger partial charge < -0.3 is 9.47 Å². The Hall–Kier alpha value is -2.20. The second-order valence-electron chi connectivity index (χ2n) is 5.83. The van der Waals surface area contributed by atoms with Crippen molar-refractivity contribution in [2.45, 2.75) is 12.3 Å². The summed E-state index contributed by atoms with van der Waals surface area (Å²) >= 11 is 1.39. The van der Waals surface area contributed by atoms with E-state index in [-0.39, 0.29) is 17.4 Å². The Kier molecular flexibility index (Phi) is 3.88. The van der Waals surface area contributed by atoms with Crippen LogP contribution in [0.3, 0.4) is 0 Å². The summed E-state index contributed by atoms with van der Waals surface area (Å²) in [6, 6.07) is 5.47. The standard InChI is InChI=1S/C15H16N4O4S2/c1-22-11-4-3-9(7-12(11)23-2)13-16-17-15-19(13)18-14(24-15)10-5-6-25(20,21)8-10/h3-4,7,10H,5-6,8H2,1-2H3. The summed E-state index contributed by atoms with van der Waals surface area (Å²) in [5.41, 5.74) is 0.793. The Morgan fingerprint density at radius 1 is 1.20 bits per heavy atom. The minimum atomic E-state index is -2.95. The Bertz CT molecular complexity index is 1040.